The Kier molecular flexibility index (Phi) is 6.81. The van der Waals surface area contributed by atoms with E-state index in [0.29, 0.717) is 11.4 Å². The Morgan fingerprint density at radius 2 is 1.79 bits per heavy atom. The summed E-state index contributed by atoms with van der Waals surface area (Å²) >= 11 is 6.35. The minimum absolute atomic E-state index is 0.192. The molecule has 2 amide bonds. The van der Waals surface area contributed by atoms with Crippen LogP contribution in [0, 0.1) is 0 Å². The molecule has 1 unspecified atom stereocenters. The molecule has 4 nitrogen and oxygen atoms in total. The van der Waals surface area contributed by atoms with E-state index in [-0.39, 0.29) is 18.2 Å². The molecule has 0 aliphatic carbocycles. The summed E-state index contributed by atoms with van der Waals surface area (Å²) in [6.45, 7) is 7.43. The molecule has 1 N–H and O–H groups in total. The molecule has 0 saturated carbocycles. The first-order valence-electron chi connectivity index (χ1n) is 8.85. The fourth-order valence-corrected chi connectivity index (χ4v) is 3.94. The second-order valence-corrected chi connectivity index (χ2v) is 6.97. The molecule has 1 aliphatic rings. The zero-order valence-corrected chi connectivity index (χ0v) is 15.4. The van der Waals surface area contributed by atoms with Crippen LogP contribution in [0.2, 0.25) is 5.02 Å². The number of halogens is 1. The van der Waals surface area contributed by atoms with E-state index in [0.717, 1.165) is 44.5 Å². The largest absolute Gasteiger partial charge is 0.303 e. The summed E-state index contributed by atoms with van der Waals surface area (Å²) in [6.07, 6.45) is 3.94. The van der Waals surface area contributed by atoms with Gasteiger partial charge in [0.2, 0.25) is 11.8 Å². The monoisotopic (exact) mass is 350 g/mol. The third-order valence-corrected chi connectivity index (χ3v) is 5.03. The van der Waals surface area contributed by atoms with Crippen molar-refractivity contribution in [1.82, 2.24) is 10.2 Å². The Bertz CT molecular complexity index is 584. The molecule has 1 atom stereocenters. The van der Waals surface area contributed by atoms with E-state index >= 15 is 0 Å². The van der Waals surface area contributed by atoms with Gasteiger partial charge in [0, 0.05) is 11.4 Å². The van der Waals surface area contributed by atoms with E-state index in [4.69, 9.17) is 11.6 Å². The molecule has 1 fully saturated rings. The van der Waals surface area contributed by atoms with E-state index in [9.17, 15) is 9.59 Å². The van der Waals surface area contributed by atoms with E-state index in [1.165, 1.54) is 0 Å². The van der Waals surface area contributed by atoms with Crippen LogP contribution in [0.15, 0.2) is 24.3 Å². The fourth-order valence-electron chi connectivity index (χ4n) is 3.62. The van der Waals surface area contributed by atoms with Crippen molar-refractivity contribution in [3.63, 3.8) is 0 Å². The predicted molar refractivity (Wildman–Crippen MR) is 97.2 cm³/mol. The maximum absolute atomic E-state index is 12.6. The summed E-state index contributed by atoms with van der Waals surface area (Å²) in [6, 6.07) is 7.38. The number of imide groups is 1. The summed E-state index contributed by atoms with van der Waals surface area (Å²) in [5.74, 6) is -0.419. The zero-order valence-electron chi connectivity index (χ0n) is 14.6. The molecular weight excluding hydrogens is 324 g/mol. The number of nitrogens with one attached hydrogen (secondary N) is 1. The molecule has 132 valence electrons. The van der Waals surface area contributed by atoms with Gasteiger partial charge in [-0.25, -0.2) is 0 Å². The highest BCUT2D eigenvalue weighted by Gasteiger charge is 2.48. The van der Waals surface area contributed by atoms with Gasteiger partial charge in [-0.05, 0) is 56.9 Å². The molecular formula is C19H27ClN2O2. The summed E-state index contributed by atoms with van der Waals surface area (Å²) < 4.78 is 0. The number of rotatable bonds is 9. The maximum Gasteiger partial charge on any atom is 0.237 e. The Morgan fingerprint density at radius 1 is 1.12 bits per heavy atom. The molecule has 0 aromatic heterocycles. The average molecular weight is 351 g/mol. The van der Waals surface area contributed by atoms with Gasteiger partial charge >= 0.3 is 0 Å². The van der Waals surface area contributed by atoms with Crippen molar-refractivity contribution in [3.05, 3.63) is 34.9 Å². The highest BCUT2D eigenvalue weighted by molar-refractivity contribution is 6.32. The maximum atomic E-state index is 12.6. The Labute approximate surface area is 149 Å². The molecule has 5 heteroatoms. The lowest BCUT2D eigenvalue weighted by Crippen LogP contribution is -2.37. The van der Waals surface area contributed by atoms with E-state index in [1.807, 2.05) is 18.2 Å². The quantitative estimate of drug-likeness (QED) is 0.693. The van der Waals surface area contributed by atoms with Crippen LogP contribution >= 0.6 is 11.6 Å². The first-order chi connectivity index (χ1) is 11.5. The molecule has 1 saturated heterocycles. The van der Waals surface area contributed by atoms with Crippen LogP contribution in [0.3, 0.4) is 0 Å². The van der Waals surface area contributed by atoms with Crippen LogP contribution in [0.4, 0.5) is 0 Å². The Balaban J connectivity index is 2.15. The Hall–Kier alpha value is -1.39. The smallest absolute Gasteiger partial charge is 0.237 e. The number of amides is 2. The van der Waals surface area contributed by atoms with Crippen molar-refractivity contribution in [2.75, 3.05) is 19.6 Å². The third-order valence-electron chi connectivity index (χ3n) is 4.70. The highest BCUT2D eigenvalue weighted by atomic mass is 35.5. The minimum atomic E-state index is -0.820. The standard InChI is InChI=1S/C19H27ClN2O2/c1-3-11-22(12-4-2)13-7-10-19(14-17(23)21-18(19)24)15-8-5-6-9-16(15)20/h5-6,8-9H,3-4,7,10-14H2,1-2H3,(H,21,23,24). The molecule has 0 bridgehead atoms. The van der Waals surface area contributed by atoms with E-state index < -0.39 is 5.41 Å². The van der Waals surface area contributed by atoms with Gasteiger partial charge < -0.3 is 4.90 Å². The molecule has 0 spiro atoms. The predicted octanol–water partition coefficient (Wildman–Crippen LogP) is 3.53. The molecule has 2 rings (SSSR count). The molecule has 1 aliphatic heterocycles. The van der Waals surface area contributed by atoms with Crippen LogP contribution in [-0.2, 0) is 15.0 Å². The second kappa shape index (κ2) is 8.63. The molecule has 0 radical (unpaired) electrons. The van der Waals surface area contributed by atoms with E-state index in [1.54, 1.807) is 6.07 Å². The number of hydrogen-bond acceptors (Lipinski definition) is 3. The van der Waals surface area contributed by atoms with Gasteiger partial charge in [0.15, 0.2) is 0 Å². The van der Waals surface area contributed by atoms with Gasteiger partial charge in [-0.3, -0.25) is 14.9 Å². The number of nitrogens with zero attached hydrogens (tertiary/aromatic N) is 1. The van der Waals surface area contributed by atoms with Crippen LogP contribution < -0.4 is 5.32 Å². The van der Waals surface area contributed by atoms with Crippen molar-refractivity contribution < 1.29 is 9.59 Å². The first kappa shape index (κ1) is 18.9. The van der Waals surface area contributed by atoms with Crippen molar-refractivity contribution in [2.45, 2.75) is 51.4 Å². The molecule has 1 heterocycles. The first-order valence-corrected chi connectivity index (χ1v) is 9.23. The average Bonchev–Trinajstić information content (AvgIpc) is 2.83. The lowest BCUT2D eigenvalue weighted by Gasteiger charge is -2.28. The lowest BCUT2D eigenvalue weighted by atomic mass is 9.75. The van der Waals surface area contributed by atoms with Crippen LogP contribution in [0.1, 0.15) is 51.5 Å². The summed E-state index contributed by atoms with van der Waals surface area (Å²) in [7, 11) is 0. The Morgan fingerprint density at radius 3 is 2.33 bits per heavy atom. The van der Waals surface area contributed by atoms with Crippen molar-refractivity contribution in [2.24, 2.45) is 0 Å². The number of benzene rings is 1. The second-order valence-electron chi connectivity index (χ2n) is 6.56. The van der Waals surface area contributed by atoms with Gasteiger partial charge in [-0.1, -0.05) is 43.6 Å². The molecule has 24 heavy (non-hydrogen) atoms. The van der Waals surface area contributed by atoms with Crippen LogP contribution in [0.5, 0.6) is 0 Å². The SMILES string of the molecule is CCCN(CCC)CCCC1(c2ccccc2Cl)CC(=O)NC1=O. The summed E-state index contributed by atoms with van der Waals surface area (Å²) in [4.78, 5) is 26.9. The van der Waals surface area contributed by atoms with Gasteiger partial charge in [-0.2, -0.15) is 0 Å². The molecule has 1 aromatic rings. The third kappa shape index (κ3) is 4.17. The number of carbonyl (C=O) groups excluding carboxylic acids is 2. The topological polar surface area (TPSA) is 49.4 Å². The van der Waals surface area contributed by atoms with Crippen molar-refractivity contribution in [1.29, 1.82) is 0 Å². The number of hydrogen-bond donors (Lipinski definition) is 1. The van der Waals surface area contributed by atoms with Crippen molar-refractivity contribution in [3.8, 4) is 0 Å². The normalized spacial score (nSPS) is 20.7. The van der Waals surface area contributed by atoms with Crippen molar-refractivity contribution >= 4 is 23.4 Å². The van der Waals surface area contributed by atoms with Crippen LogP contribution in [-0.4, -0.2) is 36.3 Å². The highest BCUT2D eigenvalue weighted by Crippen LogP contribution is 2.40. The van der Waals surface area contributed by atoms with Gasteiger partial charge in [-0.15, -0.1) is 0 Å². The molecule has 1 aromatic carbocycles. The van der Waals surface area contributed by atoms with E-state index in [2.05, 4.69) is 24.1 Å². The number of carbonyl (C=O) groups is 2. The zero-order chi connectivity index (χ0) is 17.6. The van der Waals surface area contributed by atoms with Gasteiger partial charge in [0.05, 0.1) is 5.41 Å². The van der Waals surface area contributed by atoms with Gasteiger partial charge in [0.25, 0.3) is 0 Å². The lowest BCUT2D eigenvalue weighted by molar-refractivity contribution is -0.126. The summed E-state index contributed by atoms with van der Waals surface area (Å²) in [5.41, 5.74) is -0.0490. The van der Waals surface area contributed by atoms with Crippen LogP contribution in [0.25, 0.3) is 0 Å². The fraction of sp³-hybridized carbons (Fsp3) is 0.579. The van der Waals surface area contributed by atoms with Gasteiger partial charge in [0.1, 0.15) is 0 Å². The summed E-state index contributed by atoms with van der Waals surface area (Å²) in [5, 5.41) is 3.03. The minimum Gasteiger partial charge on any atom is -0.303 e.